The number of carbonyl (C=O) groups is 2. The number of nitrogens with zero attached hydrogens (tertiary/aromatic N) is 2. The summed E-state index contributed by atoms with van der Waals surface area (Å²) >= 11 is 0. The summed E-state index contributed by atoms with van der Waals surface area (Å²) in [7, 11) is -4.17. The second-order valence-electron chi connectivity index (χ2n) is 9.58. The van der Waals surface area contributed by atoms with E-state index in [0.717, 1.165) is 25.2 Å². The van der Waals surface area contributed by atoms with Crippen molar-refractivity contribution in [2.45, 2.75) is 78.8 Å². The smallest absolute Gasteiger partial charge is 0.339 e. The van der Waals surface area contributed by atoms with Gasteiger partial charge in [0.2, 0.25) is 11.8 Å². The molecule has 0 spiro atoms. The van der Waals surface area contributed by atoms with Gasteiger partial charge in [-0.1, -0.05) is 26.8 Å². The van der Waals surface area contributed by atoms with Crippen LogP contribution in [-0.4, -0.2) is 44.3 Å². The van der Waals surface area contributed by atoms with Gasteiger partial charge in [0.25, 0.3) is 0 Å². The number of hydrogen-bond acceptors (Lipinski definition) is 6. The maximum Gasteiger partial charge on any atom is 0.339 e. The van der Waals surface area contributed by atoms with E-state index in [2.05, 4.69) is 10.2 Å². The molecule has 0 aliphatic carbocycles. The molecular formula is C28H41N3O5S. The van der Waals surface area contributed by atoms with Crippen molar-refractivity contribution < 1.29 is 22.2 Å². The Morgan fingerprint density at radius 3 is 2.11 bits per heavy atom. The summed E-state index contributed by atoms with van der Waals surface area (Å²) in [6, 6.07) is 11.3. The minimum absolute atomic E-state index is 0.0144. The zero-order valence-electron chi connectivity index (χ0n) is 23.1. The fraction of sp³-hybridized carbons (Fsp3) is 0.500. The molecule has 2 aromatic rings. The van der Waals surface area contributed by atoms with E-state index in [9.17, 15) is 18.0 Å². The van der Waals surface area contributed by atoms with Crippen LogP contribution in [0.3, 0.4) is 0 Å². The molecule has 0 unspecified atom stereocenters. The van der Waals surface area contributed by atoms with Crippen LogP contribution in [0.25, 0.3) is 0 Å². The highest BCUT2D eigenvalue weighted by Gasteiger charge is 2.25. The van der Waals surface area contributed by atoms with E-state index in [-0.39, 0.29) is 41.0 Å². The quantitative estimate of drug-likeness (QED) is 0.346. The SMILES string of the molecule is CC[C@H](C)N(Cc1ccc(N(CC)CC)cc1OS(=O)(=O)c1ccc(NC(C)=O)cc1)C(=O)CC(C)C. The first-order valence-electron chi connectivity index (χ1n) is 12.9. The lowest BCUT2D eigenvalue weighted by molar-refractivity contribution is -0.134. The first kappa shape index (κ1) is 30.2. The lowest BCUT2D eigenvalue weighted by Crippen LogP contribution is -2.38. The second-order valence-corrected chi connectivity index (χ2v) is 11.1. The Kier molecular flexibility index (Phi) is 11.0. The Morgan fingerprint density at radius 1 is 0.973 bits per heavy atom. The van der Waals surface area contributed by atoms with Gasteiger partial charge in [0.05, 0.1) is 0 Å². The molecule has 9 heteroatoms. The molecular weight excluding hydrogens is 490 g/mol. The average Bonchev–Trinajstić information content (AvgIpc) is 2.83. The molecule has 37 heavy (non-hydrogen) atoms. The molecule has 0 radical (unpaired) electrons. The molecule has 2 aromatic carbocycles. The van der Waals surface area contributed by atoms with Crippen molar-refractivity contribution in [2.24, 2.45) is 5.92 Å². The topological polar surface area (TPSA) is 96.0 Å². The molecule has 1 atom stereocenters. The number of amides is 2. The highest BCUT2D eigenvalue weighted by molar-refractivity contribution is 7.87. The molecule has 0 heterocycles. The second kappa shape index (κ2) is 13.5. The zero-order chi connectivity index (χ0) is 27.8. The third kappa shape index (κ3) is 8.49. The number of hydrogen-bond donors (Lipinski definition) is 1. The summed E-state index contributed by atoms with van der Waals surface area (Å²) in [6.45, 7) is 15.2. The van der Waals surface area contributed by atoms with Crippen LogP contribution in [0.1, 0.15) is 66.9 Å². The Balaban J connectivity index is 2.49. The third-order valence-corrected chi connectivity index (χ3v) is 7.46. The maximum absolute atomic E-state index is 13.3. The highest BCUT2D eigenvalue weighted by atomic mass is 32.2. The Hall–Kier alpha value is -3.07. The summed E-state index contributed by atoms with van der Waals surface area (Å²) < 4.78 is 32.2. The van der Waals surface area contributed by atoms with Crippen molar-refractivity contribution in [2.75, 3.05) is 23.3 Å². The van der Waals surface area contributed by atoms with Crippen molar-refractivity contribution in [3.8, 4) is 5.75 Å². The van der Waals surface area contributed by atoms with Gasteiger partial charge in [-0.05, 0) is 63.4 Å². The molecule has 1 N–H and O–H groups in total. The van der Waals surface area contributed by atoms with Crippen molar-refractivity contribution in [1.29, 1.82) is 0 Å². The molecule has 0 fully saturated rings. The fourth-order valence-corrected chi connectivity index (χ4v) is 4.93. The minimum atomic E-state index is -4.17. The van der Waals surface area contributed by atoms with Crippen molar-refractivity contribution >= 4 is 33.3 Å². The van der Waals surface area contributed by atoms with Gasteiger partial charge in [0.15, 0.2) is 0 Å². The molecule has 2 rings (SSSR count). The molecule has 0 saturated heterocycles. The van der Waals surface area contributed by atoms with Crippen molar-refractivity contribution in [3.05, 3.63) is 48.0 Å². The minimum Gasteiger partial charge on any atom is -0.379 e. The number of nitrogens with one attached hydrogen (secondary N) is 1. The average molecular weight is 532 g/mol. The van der Waals surface area contributed by atoms with E-state index in [1.165, 1.54) is 31.2 Å². The monoisotopic (exact) mass is 531 g/mol. The first-order chi connectivity index (χ1) is 17.4. The third-order valence-electron chi connectivity index (χ3n) is 6.21. The van der Waals surface area contributed by atoms with Gasteiger partial charge in [-0.15, -0.1) is 0 Å². The molecule has 0 saturated carbocycles. The summed E-state index contributed by atoms with van der Waals surface area (Å²) in [5.41, 5.74) is 1.94. The Labute approximate surface area is 222 Å². The maximum atomic E-state index is 13.3. The van der Waals surface area contributed by atoms with Crippen LogP contribution in [-0.2, 0) is 26.3 Å². The van der Waals surface area contributed by atoms with Gasteiger partial charge in [-0.3, -0.25) is 9.59 Å². The normalized spacial score (nSPS) is 12.2. The summed E-state index contributed by atoms with van der Waals surface area (Å²) in [5, 5.41) is 2.62. The largest absolute Gasteiger partial charge is 0.379 e. The summed E-state index contributed by atoms with van der Waals surface area (Å²) in [4.78, 5) is 28.2. The van der Waals surface area contributed by atoms with E-state index in [1.54, 1.807) is 11.0 Å². The van der Waals surface area contributed by atoms with Crippen molar-refractivity contribution in [3.63, 3.8) is 0 Å². The predicted molar refractivity (Wildman–Crippen MR) is 148 cm³/mol. The van der Waals surface area contributed by atoms with Crippen LogP contribution in [0.5, 0.6) is 5.75 Å². The van der Waals surface area contributed by atoms with Gasteiger partial charge < -0.3 is 19.3 Å². The van der Waals surface area contributed by atoms with Crippen molar-refractivity contribution in [1.82, 2.24) is 4.90 Å². The molecule has 204 valence electrons. The lowest BCUT2D eigenvalue weighted by Gasteiger charge is -2.30. The van der Waals surface area contributed by atoms with E-state index in [0.29, 0.717) is 17.7 Å². The summed E-state index contributed by atoms with van der Waals surface area (Å²) in [6.07, 6.45) is 1.19. The number of rotatable bonds is 13. The standard InChI is InChI=1S/C28H41N3O5S/c1-8-21(6)31(28(33)17-20(4)5)19-23-11-14-25(30(9-2)10-3)18-27(23)36-37(34,35)26-15-12-24(13-16-26)29-22(7)32/h11-16,18,20-21H,8-10,17,19H2,1-7H3,(H,29,32)/t21-/m0/s1. The van der Waals surface area contributed by atoms with Crippen LogP contribution >= 0.6 is 0 Å². The number of carbonyl (C=O) groups excluding carboxylic acids is 2. The summed E-state index contributed by atoms with van der Waals surface area (Å²) in [5.74, 6) is 0.184. The molecule has 0 bridgehead atoms. The van der Waals surface area contributed by atoms with Crippen LogP contribution in [0.4, 0.5) is 11.4 Å². The van der Waals surface area contributed by atoms with Gasteiger partial charge in [0.1, 0.15) is 10.6 Å². The van der Waals surface area contributed by atoms with Crippen LogP contribution in [0, 0.1) is 5.92 Å². The van der Waals surface area contributed by atoms with Gasteiger partial charge in [-0.25, -0.2) is 0 Å². The van der Waals surface area contributed by atoms with E-state index in [4.69, 9.17) is 4.18 Å². The van der Waals surface area contributed by atoms with E-state index >= 15 is 0 Å². The Bertz CT molecular complexity index is 1160. The van der Waals surface area contributed by atoms with E-state index in [1.807, 2.05) is 53.7 Å². The molecule has 8 nitrogen and oxygen atoms in total. The van der Waals surface area contributed by atoms with Crippen LogP contribution in [0.15, 0.2) is 47.4 Å². The lowest BCUT2D eigenvalue weighted by atomic mass is 10.1. The fourth-order valence-electron chi connectivity index (χ4n) is 3.97. The van der Waals surface area contributed by atoms with Crippen LogP contribution in [0.2, 0.25) is 0 Å². The first-order valence-corrected chi connectivity index (χ1v) is 14.3. The molecule has 2 amide bonds. The van der Waals surface area contributed by atoms with Gasteiger partial charge in [0, 0.05) is 62.0 Å². The predicted octanol–water partition coefficient (Wildman–Crippen LogP) is 5.43. The van der Waals surface area contributed by atoms with E-state index < -0.39 is 10.1 Å². The molecule has 0 aliphatic rings. The van der Waals surface area contributed by atoms with Gasteiger partial charge >= 0.3 is 10.1 Å². The van der Waals surface area contributed by atoms with Crippen LogP contribution < -0.4 is 14.4 Å². The Morgan fingerprint density at radius 2 is 1.59 bits per heavy atom. The molecule has 0 aromatic heterocycles. The zero-order valence-corrected chi connectivity index (χ0v) is 23.9. The number of benzene rings is 2. The number of anilines is 2. The molecule has 0 aliphatic heterocycles. The van der Waals surface area contributed by atoms with Gasteiger partial charge in [-0.2, -0.15) is 8.42 Å². The highest BCUT2D eigenvalue weighted by Crippen LogP contribution is 2.31.